The van der Waals surface area contributed by atoms with Crippen LogP contribution in [0.1, 0.15) is 29.0 Å². The topological polar surface area (TPSA) is 79.8 Å². The number of hydrogen-bond acceptors (Lipinski definition) is 5. The molecule has 0 atom stereocenters. The number of carbonyl (C=O) groups is 1. The van der Waals surface area contributed by atoms with Crippen LogP contribution in [0.25, 0.3) is 0 Å². The van der Waals surface area contributed by atoms with Crippen molar-refractivity contribution >= 4 is 11.9 Å². The summed E-state index contributed by atoms with van der Waals surface area (Å²) in [5.41, 5.74) is 1.28. The number of rotatable bonds is 5. The summed E-state index contributed by atoms with van der Waals surface area (Å²) in [7, 11) is 0. The number of amides is 1. The molecular formula is C14H15N5O. The van der Waals surface area contributed by atoms with E-state index in [-0.39, 0.29) is 5.91 Å². The summed E-state index contributed by atoms with van der Waals surface area (Å²) in [6, 6.07) is 7.63. The van der Waals surface area contributed by atoms with Crippen molar-refractivity contribution in [3.05, 3.63) is 48.0 Å². The molecule has 2 heterocycles. The van der Waals surface area contributed by atoms with E-state index in [2.05, 4.69) is 25.6 Å². The van der Waals surface area contributed by atoms with Gasteiger partial charge in [-0.3, -0.25) is 9.78 Å². The Labute approximate surface area is 116 Å². The summed E-state index contributed by atoms with van der Waals surface area (Å²) < 4.78 is 0. The van der Waals surface area contributed by atoms with Crippen molar-refractivity contribution < 1.29 is 4.79 Å². The zero-order chi connectivity index (χ0) is 13.8. The highest BCUT2D eigenvalue weighted by molar-refractivity contribution is 5.92. The second-order valence-corrected chi connectivity index (χ2v) is 4.69. The van der Waals surface area contributed by atoms with Crippen molar-refractivity contribution in [2.45, 2.75) is 25.4 Å². The molecule has 0 bridgehead atoms. The zero-order valence-electron chi connectivity index (χ0n) is 10.9. The summed E-state index contributed by atoms with van der Waals surface area (Å²) >= 11 is 0. The van der Waals surface area contributed by atoms with Crippen molar-refractivity contribution in [3.63, 3.8) is 0 Å². The fraction of sp³-hybridized carbons (Fsp3) is 0.286. The third-order valence-electron chi connectivity index (χ3n) is 2.95. The Balaban J connectivity index is 1.63. The van der Waals surface area contributed by atoms with Crippen LogP contribution < -0.4 is 10.6 Å². The van der Waals surface area contributed by atoms with E-state index >= 15 is 0 Å². The number of pyridine rings is 1. The van der Waals surface area contributed by atoms with Crippen LogP contribution in [-0.4, -0.2) is 26.9 Å². The normalized spacial score (nSPS) is 13.8. The van der Waals surface area contributed by atoms with Crippen LogP contribution >= 0.6 is 0 Å². The molecule has 0 radical (unpaired) electrons. The molecule has 3 rings (SSSR count). The van der Waals surface area contributed by atoms with E-state index in [9.17, 15) is 4.79 Å². The molecule has 0 aliphatic heterocycles. The highest BCUT2D eigenvalue weighted by Crippen LogP contribution is 2.19. The van der Waals surface area contributed by atoms with Crippen LogP contribution in [0.2, 0.25) is 0 Å². The largest absolute Gasteiger partial charge is 0.349 e. The lowest BCUT2D eigenvalue weighted by molar-refractivity contribution is 0.0946. The van der Waals surface area contributed by atoms with Crippen LogP contribution in [0.15, 0.2) is 36.7 Å². The maximum absolute atomic E-state index is 11.9. The first-order valence-corrected chi connectivity index (χ1v) is 6.59. The van der Waals surface area contributed by atoms with Gasteiger partial charge in [0, 0.05) is 18.4 Å². The summed E-state index contributed by atoms with van der Waals surface area (Å²) in [5.74, 6) is 0.287. The quantitative estimate of drug-likeness (QED) is 0.857. The molecule has 0 aromatic carbocycles. The molecule has 2 aromatic rings. The van der Waals surface area contributed by atoms with Gasteiger partial charge in [0.1, 0.15) is 5.69 Å². The first kappa shape index (κ1) is 12.5. The average molecular weight is 269 g/mol. The van der Waals surface area contributed by atoms with Gasteiger partial charge in [-0.05, 0) is 31.0 Å². The molecular weight excluding hydrogens is 254 g/mol. The number of anilines is 1. The lowest BCUT2D eigenvalue weighted by Gasteiger charge is -2.06. The van der Waals surface area contributed by atoms with Gasteiger partial charge in [-0.2, -0.15) is 0 Å². The van der Waals surface area contributed by atoms with Crippen molar-refractivity contribution in [1.82, 2.24) is 20.3 Å². The molecule has 0 spiro atoms. The smallest absolute Gasteiger partial charge is 0.270 e. The monoisotopic (exact) mass is 269 g/mol. The summed E-state index contributed by atoms with van der Waals surface area (Å²) in [6.45, 7) is 0.522. The fourth-order valence-electron chi connectivity index (χ4n) is 1.73. The number of carbonyl (C=O) groups excluding carboxylic acids is 1. The maximum atomic E-state index is 11.9. The molecule has 6 heteroatoms. The van der Waals surface area contributed by atoms with Crippen molar-refractivity contribution in [1.29, 1.82) is 0 Å². The van der Waals surface area contributed by atoms with Gasteiger partial charge in [0.05, 0.1) is 12.2 Å². The van der Waals surface area contributed by atoms with Crippen LogP contribution in [-0.2, 0) is 6.54 Å². The second-order valence-electron chi connectivity index (χ2n) is 4.69. The number of nitrogens with one attached hydrogen (secondary N) is 2. The molecule has 1 saturated carbocycles. The van der Waals surface area contributed by atoms with E-state index in [4.69, 9.17) is 0 Å². The van der Waals surface area contributed by atoms with Gasteiger partial charge in [0.25, 0.3) is 5.91 Å². The third-order valence-corrected chi connectivity index (χ3v) is 2.95. The average Bonchev–Trinajstić information content (AvgIpc) is 3.30. The van der Waals surface area contributed by atoms with Crippen LogP contribution in [0.3, 0.4) is 0 Å². The second kappa shape index (κ2) is 5.64. The van der Waals surface area contributed by atoms with Crippen molar-refractivity contribution in [2.75, 3.05) is 5.32 Å². The molecule has 0 unspecified atom stereocenters. The number of hydrogen-bond donors (Lipinski definition) is 2. The van der Waals surface area contributed by atoms with Gasteiger partial charge in [-0.1, -0.05) is 6.07 Å². The van der Waals surface area contributed by atoms with Crippen molar-refractivity contribution in [3.8, 4) is 0 Å². The third kappa shape index (κ3) is 3.28. The molecule has 0 saturated heterocycles. The summed E-state index contributed by atoms with van der Waals surface area (Å²) in [5, 5.41) is 5.96. The van der Waals surface area contributed by atoms with E-state index < -0.39 is 0 Å². The highest BCUT2D eigenvalue weighted by Gasteiger charge is 2.24. The Morgan fingerprint density at radius 3 is 2.85 bits per heavy atom. The Kier molecular flexibility index (Phi) is 3.54. The van der Waals surface area contributed by atoms with Gasteiger partial charge in [-0.15, -0.1) is 0 Å². The molecule has 1 aliphatic carbocycles. The summed E-state index contributed by atoms with van der Waals surface area (Å²) in [4.78, 5) is 24.4. The predicted molar refractivity (Wildman–Crippen MR) is 74.1 cm³/mol. The first-order chi connectivity index (χ1) is 9.81. The van der Waals surface area contributed by atoms with E-state index in [0.29, 0.717) is 24.2 Å². The number of aromatic nitrogens is 3. The van der Waals surface area contributed by atoms with E-state index in [0.717, 1.165) is 18.5 Å². The molecule has 1 amide bonds. The van der Waals surface area contributed by atoms with Gasteiger partial charge >= 0.3 is 0 Å². The van der Waals surface area contributed by atoms with E-state index in [1.54, 1.807) is 18.5 Å². The van der Waals surface area contributed by atoms with Crippen LogP contribution in [0.5, 0.6) is 0 Å². The van der Waals surface area contributed by atoms with E-state index in [1.807, 2.05) is 18.2 Å². The Morgan fingerprint density at radius 2 is 2.10 bits per heavy atom. The molecule has 1 fully saturated rings. The van der Waals surface area contributed by atoms with Crippen molar-refractivity contribution in [2.24, 2.45) is 0 Å². The molecule has 2 N–H and O–H groups in total. The van der Waals surface area contributed by atoms with Gasteiger partial charge in [0.2, 0.25) is 5.95 Å². The van der Waals surface area contributed by atoms with Gasteiger partial charge in [0.15, 0.2) is 0 Å². The Hall–Kier alpha value is -2.50. The minimum Gasteiger partial charge on any atom is -0.349 e. The highest BCUT2D eigenvalue weighted by atomic mass is 16.2. The molecule has 1 aliphatic rings. The fourth-order valence-corrected chi connectivity index (χ4v) is 1.73. The van der Waals surface area contributed by atoms with Gasteiger partial charge < -0.3 is 10.6 Å². The van der Waals surface area contributed by atoms with E-state index in [1.165, 1.54) is 0 Å². The lowest BCUT2D eigenvalue weighted by atomic mass is 10.3. The standard InChI is InChI=1S/C14H15N5O/c20-13(18-10-4-5-10)12-6-8-16-14(19-12)17-9-11-3-1-2-7-15-11/h1-3,6-8,10H,4-5,9H2,(H,18,20)(H,16,17,19). The number of nitrogens with zero attached hydrogens (tertiary/aromatic N) is 3. The van der Waals surface area contributed by atoms with Gasteiger partial charge in [-0.25, -0.2) is 9.97 Å². The Morgan fingerprint density at radius 1 is 1.20 bits per heavy atom. The SMILES string of the molecule is O=C(NC1CC1)c1ccnc(NCc2ccccn2)n1. The lowest BCUT2D eigenvalue weighted by Crippen LogP contribution is -2.26. The Bertz CT molecular complexity index is 598. The predicted octanol–water partition coefficient (Wildman–Crippen LogP) is 1.38. The minimum atomic E-state index is -0.143. The minimum absolute atomic E-state index is 0.143. The summed E-state index contributed by atoms with van der Waals surface area (Å²) in [6.07, 6.45) is 5.43. The molecule has 102 valence electrons. The van der Waals surface area contributed by atoms with Crippen LogP contribution in [0.4, 0.5) is 5.95 Å². The molecule has 6 nitrogen and oxygen atoms in total. The molecule has 20 heavy (non-hydrogen) atoms. The first-order valence-electron chi connectivity index (χ1n) is 6.59. The zero-order valence-corrected chi connectivity index (χ0v) is 10.9. The maximum Gasteiger partial charge on any atom is 0.270 e. The van der Waals surface area contributed by atoms with Crippen LogP contribution in [0, 0.1) is 0 Å². The molecule has 2 aromatic heterocycles.